The molecule has 0 fully saturated rings. The van der Waals surface area contributed by atoms with Crippen LogP contribution in [0, 0.1) is 18.5 Å². The van der Waals surface area contributed by atoms with Crippen LogP contribution in [0.1, 0.15) is 45.5 Å². The monoisotopic (exact) mass is 1020 g/mol. The summed E-state index contributed by atoms with van der Waals surface area (Å²) in [6.45, 7) is 3.42. The largest absolute Gasteiger partial charge is 0.510 e. The molecule has 3 heterocycles. The number of rotatable bonds is 10. The maximum absolute atomic E-state index is 9.60. The molecule has 0 saturated carbocycles. The summed E-state index contributed by atoms with van der Waals surface area (Å²) in [6.07, 6.45) is 0.523. The molecule has 11 aromatic rings. The topological polar surface area (TPSA) is 35.9 Å². The molecule has 5 nitrogen and oxygen atoms in total. The van der Waals surface area contributed by atoms with Crippen LogP contribution < -0.4 is 9.30 Å². The van der Waals surface area contributed by atoms with Gasteiger partial charge in [-0.25, -0.2) is 4.98 Å². The van der Waals surface area contributed by atoms with E-state index >= 15 is 0 Å². The van der Waals surface area contributed by atoms with Crippen molar-refractivity contribution in [1.29, 1.82) is 0 Å². The summed E-state index contributed by atoms with van der Waals surface area (Å²) in [5.74, 6) is 0.355. The van der Waals surface area contributed by atoms with Crippen LogP contribution in [0.4, 0.5) is 0 Å². The van der Waals surface area contributed by atoms with Gasteiger partial charge in [0, 0.05) is 47.0 Å². The molecule has 6 heteroatoms. The molecular formula is C58H42N4OPt-2. The van der Waals surface area contributed by atoms with Crippen LogP contribution >= 0.6 is 0 Å². The first-order valence-electron chi connectivity index (χ1n) is 27.6. The summed E-state index contributed by atoms with van der Waals surface area (Å²) in [7, 11) is 0. The Kier molecular flexibility index (Phi) is 7.21. The molecule has 0 N–H and O–H groups in total. The fraction of sp³-hybridized carbons (Fsp3) is 0.0690. The molecule has 0 saturated heterocycles. The molecule has 0 spiro atoms. The molecule has 0 amide bonds. The van der Waals surface area contributed by atoms with E-state index in [1.165, 1.54) is 6.07 Å². The van der Waals surface area contributed by atoms with Crippen LogP contribution in [0.2, 0.25) is 0 Å². The Morgan fingerprint density at radius 3 is 2.06 bits per heavy atom. The minimum Gasteiger partial charge on any atom is -0.510 e. The van der Waals surface area contributed by atoms with E-state index in [4.69, 9.17) is 21.2 Å². The maximum atomic E-state index is 9.60. The van der Waals surface area contributed by atoms with Crippen LogP contribution in [-0.2, 0) is 32.9 Å². The van der Waals surface area contributed by atoms with Crippen molar-refractivity contribution in [1.82, 2.24) is 14.1 Å². The van der Waals surface area contributed by atoms with Crippen LogP contribution in [0.5, 0.6) is 11.5 Å². The summed E-state index contributed by atoms with van der Waals surface area (Å²) in [6, 6.07) is 37.0. The number of benzene rings is 8. The standard InChI is InChI=1S/C58H42N4O.Pt/c1-58(2,44-22-10-5-11-23-44)39-41-34-35-59-56(36-41)62-52-29-13-12-26-50(52)51-33-32-47(38-55(51)62)63-46-25-16-24-45(37-46)60-40-61(54-31-15-14-30-53(54)60)57-48(42-18-6-3-7-19-42)27-17-28-49(57)43-20-8-4-9-21-43;/h3-36H,39H2,1-2H3;/q-2;/i3D,4D,6D,7D,8D,9D,18D,19D,20D,21D,34D,35D,36D,39D2;. The van der Waals surface area contributed by atoms with Crippen LogP contribution in [0.25, 0.3) is 72.3 Å². The van der Waals surface area contributed by atoms with E-state index in [-0.39, 0.29) is 77.9 Å². The van der Waals surface area contributed by atoms with Gasteiger partial charge in [0.15, 0.2) is 0 Å². The third-order valence-corrected chi connectivity index (χ3v) is 10.9. The van der Waals surface area contributed by atoms with Gasteiger partial charge >= 0.3 is 0 Å². The molecule has 0 aliphatic rings. The fourth-order valence-electron chi connectivity index (χ4n) is 7.98. The average molecular weight is 1020 g/mol. The van der Waals surface area contributed by atoms with E-state index in [2.05, 4.69) is 23.4 Å². The van der Waals surface area contributed by atoms with E-state index in [0.717, 1.165) is 5.39 Å². The number of aromatic nitrogens is 4. The predicted octanol–water partition coefficient (Wildman–Crippen LogP) is 13.4. The number of hydrogen-bond acceptors (Lipinski definition) is 2. The molecule has 0 radical (unpaired) electrons. The van der Waals surface area contributed by atoms with Gasteiger partial charge in [-0.15, -0.1) is 29.7 Å². The molecule has 0 unspecified atom stereocenters. The summed E-state index contributed by atoms with van der Waals surface area (Å²) < 4.78 is 145. The first kappa shape index (κ1) is 27.0. The van der Waals surface area contributed by atoms with Crippen molar-refractivity contribution in [3.05, 3.63) is 236 Å². The van der Waals surface area contributed by atoms with Gasteiger partial charge in [-0.1, -0.05) is 171 Å². The molecule has 0 atom stereocenters. The van der Waals surface area contributed by atoms with Gasteiger partial charge in [0.05, 0.1) is 34.5 Å². The van der Waals surface area contributed by atoms with Gasteiger partial charge in [0.25, 0.3) is 6.33 Å². The van der Waals surface area contributed by atoms with Gasteiger partial charge in [-0.05, 0) is 74.4 Å². The molecular weight excluding hydrogens is 964 g/mol. The smallest absolute Gasteiger partial charge is 0.268 e. The van der Waals surface area contributed by atoms with Gasteiger partial charge in [0.1, 0.15) is 5.82 Å². The Bertz CT molecular complexity index is 4170. The van der Waals surface area contributed by atoms with Crippen molar-refractivity contribution in [2.75, 3.05) is 0 Å². The van der Waals surface area contributed by atoms with E-state index in [9.17, 15) is 4.11 Å². The van der Waals surface area contributed by atoms with E-state index in [1.807, 2.05) is 36.4 Å². The number of nitrogens with zero attached hydrogens (tertiary/aromatic N) is 4. The maximum Gasteiger partial charge on any atom is 0.268 e. The van der Waals surface area contributed by atoms with Crippen molar-refractivity contribution in [3.63, 3.8) is 0 Å². The average Bonchev–Trinajstić information content (AvgIpc) is 4.12. The molecule has 312 valence electrons. The van der Waals surface area contributed by atoms with Crippen molar-refractivity contribution >= 4 is 32.8 Å². The van der Waals surface area contributed by atoms with Crippen LogP contribution in [0.3, 0.4) is 0 Å². The van der Waals surface area contributed by atoms with Crippen molar-refractivity contribution in [2.45, 2.75) is 25.6 Å². The van der Waals surface area contributed by atoms with Gasteiger partial charge in [-0.3, -0.25) is 4.57 Å². The SMILES string of the molecule is [2H]c1nc(-n2c3[c-]c(Oc4[c-]c(-n5[c-][n+](-c6c(-c7c([2H])c([2H])c([2H])c([2H])c7[2H])cccc6-c6c([2H])c([2H])c([2H])c([2H])c6[2H])c6ccccc65)ccc4)ccc3c3ccccc32)c([2H])c(C([2H])([2H])C(C)(C)c2ccccc2)c1[2H].[Pt]. The molecule has 64 heavy (non-hydrogen) atoms. The quantitative estimate of drug-likeness (QED) is 0.101. The fourth-order valence-corrected chi connectivity index (χ4v) is 7.98. The number of ether oxygens (including phenoxy) is 1. The number of fused-ring (bicyclic) bond motifs is 4. The minimum absolute atomic E-state index is 0. The molecule has 0 aliphatic carbocycles. The Morgan fingerprint density at radius 1 is 0.656 bits per heavy atom. The summed E-state index contributed by atoms with van der Waals surface area (Å²) in [5.41, 5.74) is 1.43. The summed E-state index contributed by atoms with van der Waals surface area (Å²) in [4.78, 5) is 4.46. The Hall–Kier alpha value is -7.33. The first-order valence-corrected chi connectivity index (χ1v) is 20.1. The normalized spacial score (nSPS) is 15.1. The zero-order valence-electron chi connectivity index (χ0n) is 49.1. The number of imidazole rings is 1. The predicted molar refractivity (Wildman–Crippen MR) is 254 cm³/mol. The zero-order chi connectivity index (χ0) is 55.4. The second kappa shape index (κ2) is 17.1. The Labute approximate surface area is 408 Å². The molecule has 0 aliphatic heterocycles. The Balaban J connectivity index is 0.00000704. The van der Waals surface area contributed by atoms with Gasteiger partial charge in [-0.2, -0.15) is 18.2 Å². The summed E-state index contributed by atoms with van der Waals surface area (Å²) in [5, 5.41) is 1.45. The Morgan fingerprint density at radius 2 is 1.31 bits per heavy atom. The van der Waals surface area contributed by atoms with Gasteiger partial charge in [0.2, 0.25) is 0 Å². The number of hydrogen-bond donors (Lipinski definition) is 0. The van der Waals surface area contributed by atoms with E-state index in [0.29, 0.717) is 38.7 Å². The molecule has 3 aromatic heterocycles. The third kappa shape index (κ3) is 7.52. The molecule has 0 bridgehead atoms. The van der Waals surface area contributed by atoms with Crippen molar-refractivity contribution in [2.24, 2.45) is 0 Å². The van der Waals surface area contributed by atoms with Crippen LogP contribution in [0.15, 0.2) is 206 Å². The zero-order valence-corrected chi connectivity index (χ0v) is 36.4. The van der Waals surface area contributed by atoms with Gasteiger partial charge < -0.3 is 13.9 Å². The second-order valence-corrected chi connectivity index (χ2v) is 15.2. The number of para-hydroxylation sites is 4. The van der Waals surface area contributed by atoms with Crippen molar-refractivity contribution in [3.8, 4) is 50.9 Å². The molecule has 11 rings (SSSR count). The third-order valence-electron chi connectivity index (χ3n) is 10.9. The van der Waals surface area contributed by atoms with Crippen LogP contribution in [-0.4, -0.2) is 14.1 Å². The van der Waals surface area contributed by atoms with Crippen molar-refractivity contribution < 1.29 is 50.9 Å². The minimum atomic E-state index is -2.32. The second-order valence-electron chi connectivity index (χ2n) is 15.2. The van der Waals surface area contributed by atoms with E-state index in [1.54, 1.807) is 112 Å². The first-order chi connectivity index (χ1) is 37.1. The number of pyridine rings is 1. The van der Waals surface area contributed by atoms with E-state index < -0.39 is 84.4 Å². The molecule has 8 aromatic carbocycles. The summed E-state index contributed by atoms with van der Waals surface area (Å²) >= 11 is 0.